The smallest absolute Gasteiger partial charge is 0.254 e. The molecular weight excluding hydrogens is 204 g/mol. The normalized spacial score (nSPS) is 25.1. The van der Waals surface area contributed by atoms with Gasteiger partial charge in [0, 0.05) is 24.5 Å². The van der Waals surface area contributed by atoms with E-state index in [0.29, 0.717) is 5.56 Å². The van der Waals surface area contributed by atoms with Gasteiger partial charge in [0.2, 0.25) is 0 Å². The van der Waals surface area contributed by atoms with Crippen molar-refractivity contribution in [2.24, 2.45) is 5.73 Å². The van der Waals surface area contributed by atoms with E-state index >= 15 is 0 Å². The van der Waals surface area contributed by atoms with Gasteiger partial charge in [-0.05, 0) is 12.8 Å². The molecule has 0 bridgehead atoms. The standard InChI is InChI=1S/C11H16N4O/c12-9-3-1-2-4-10(9)15-11(16)8-5-13-7-14-6-8/h5-7,9-10H,1-4,12H2,(H,15,16). The Morgan fingerprint density at radius 1 is 1.31 bits per heavy atom. The highest BCUT2D eigenvalue weighted by Gasteiger charge is 2.23. The SMILES string of the molecule is NC1CCCCC1NC(=O)c1cncnc1. The fourth-order valence-electron chi connectivity index (χ4n) is 2.01. The summed E-state index contributed by atoms with van der Waals surface area (Å²) in [5.41, 5.74) is 6.45. The van der Waals surface area contributed by atoms with Gasteiger partial charge in [0.15, 0.2) is 0 Å². The molecule has 86 valence electrons. The highest BCUT2D eigenvalue weighted by atomic mass is 16.1. The molecule has 1 saturated carbocycles. The third kappa shape index (κ3) is 2.55. The van der Waals surface area contributed by atoms with Gasteiger partial charge >= 0.3 is 0 Å². The Hall–Kier alpha value is -1.49. The highest BCUT2D eigenvalue weighted by Crippen LogP contribution is 2.17. The number of hydrogen-bond donors (Lipinski definition) is 2. The Bertz CT molecular complexity index is 354. The molecule has 0 spiro atoms. The summed E-state index contributed by atoms with van der Waals surface area (Å²) in [5, 5.41) is 2.94. The second-order valence-corrected chi connectivity index (χ2v) is 4.16. The first kappa shape index (κ1) is 11.0. The molecule has 2 atom stereocenters. The molecule has 0 radical (unpaired) electrons. The lowest BCUT2D eigenvalue weighted by Gasteiger charge is -2.29. The van der Waals surface area contributed by atoms with Crippen LogP contribution in [0, 0.1) is 0 Å². The van der Waals surface area contributed by atoms with Crippen molar-refractivity contribution < 1.29 is 4.79 Å². The molecule has 16 heavy (non-hydrogen) atoms. The molecule has 1 aromatic rings. The Morgan fingerprint density at radius 3 is 2.69 bits per heavy atom. The molecule has 2 rings (SSSR count). The summed E-state index contributed by atoms with van der Waals surface area (Å²) in [6, 6.07) is 0.156. The van der Waals surface area contributed by atoms with E-state index in [0.717, 1.165) is 25.7 Å². The first-order chi connectivity index (χ1) is 7.77. The van der Waals surface area contributed by atoms with Crippen LogP contribution in [0.4, 0.5) is 0 Å². The molecule has 0 aromatic carbocycles. The van der Waals surface area contributed by atoms with E-state index in [9.17, 15) is 4.79 Å². The van der Waals surface area contributed by atoms with E-state index in [1.54, 1.807) is 0 Å². The topological polar surface area (TPSA) is 80.9 Å². The van der Waals surface area contributed by atoms with Gasteiger partial charge in [-0.1, -0.05) is 12.8 Å². The van der Waals surface area contributed by atoms with Crippen molar-refractivity contribution in [3.63, 3.8) is 0 Å². The maximum atomic E-state index is 11.8. The summed E-state index contributed by atoms with van der Waals surface area (Å²) in [6.07, 6.45) is 8.65. The van der Waals surface area contributed by atoms with Crippen LogP contribution in [0.3, 0.4) is 0 Å². The van der Waals surface area contributed by atoms with Crippen LogP contribution < -0.4 is 11.1 Å². The van der Waals surface area contributed by atoms with E-state index in [1.807, 2.05) is 0 Å². The van der Waals surface area contributed by atoms with E-state index in [-0.39, 0.29) is 18.0 Å². The monoisotopic (exact) mass is 220 g/mol. The van der Waals surface area contributed by atoms with E-state index in [1.165, 1.54) is 18.7 Å². The van der Waals surface area contributed by atoms with Crippen molar-refractivity contribution in [1.82, 2.24) is 15.3 Å². The molecule has 1 amide bonds. The van der Waals surface area contributed by atoms with Crippen LogP contribution in [0.15, 0.2) is 18.7 Å². The van der Waals surface area contributed by atoms with Crippen LogP contribution in [0.2, 0.25) is 0 Å². The van der Waals surface area contributed by atoms with Crippen molar-refractivity contribution in [3.05, 3.63) is 24.3 Å². The van der Waals surface area contributed by atoms with Crippen LogP contribution in [-0.2, 0) is 0 Å². The summed E-state index contributed by atoms with van der Waals surface area (Å²) in [6.45, 7) is 0. The van der Waals surface area contributed by atoms with Gasteiger partial charge in [0.05, 0.1) is 5.56 Å². The van der Waals surface area contributed by atoms with Crippen LogP contribution in [0.1, 0.15) is 36.0 Å². The van der Waals surface area contributed by atoms with Gasteiger partial charge in [0.1, 0.15) is 6.33 Å². The molecule has 1 aliphatic rings. The summed E-state index contributed by atoms with van der Waals surface area (Å²) < 4.78 is 0. The molecular formula is C11H16N4O. The fraction of sp³-hybridized carbons (Fsp3) is 0.545. The van der Waals surface area contributed by atoms with Gasteiger partial charge in [-0.25, -0.2) is 9.97 Å². The van der Waals surface area contributed by atoms with E-state index < -0.39 is 0 Å². The average Bonchev–Trinajstić information content (AvgIpc) is 2.33. The second-order valence-electron chi connectivity index (χ2n) is 4.16. The summed E-state index contributed by atoms with van der Waals surface area (Å²) >= 11 is 0. The third-order valence-electron chi connectivity index (χ3n) is 2.96. The van der Waals surface area contributed by atoms with Crippen molar-refractivity contribution in [3.8, 4) is 0 Å². The number of nitrogens with two attached hydrogens (primary N) is 1. The zero-order valence-electron chi connectivity index (χ0n) is 9.10. The van der Waals surface area contributed by atoms with Crippen LogP contribution in [0.25, 0.3) is 0 Å². The number of nitrogens with one attached hydrogen (secondary N) is 1. The number of nitrogens with zero attached hydrogens (tertiary/aromatic N) is 2. The number of hydrogen-bond acceptors (Lipinski definition) is 4. The van der Waals surface area contributed by atoms with Gasteiger partial charge in [0.25, 0.3) is 5.91 Å². The molecule has 1 aliphatic carbocycles. The Kier molecular flexibility index (Phi) is 3.46. The van der Waals surface area contributed by atoms with E-state index in [2.05, 4.69) is 15.3 Å². The maximum absolute atomic E-state index is 11.8. The molecule has 2 unspecified atom stereocenters. The first-order valence-corrected chi connectivity index (χ1v) is 5.59. The molecule has 5 nitrogen and oxygen atoms in total. The van der Waals surface area contributed by atoms with Gasteiger partial charge in [-0.3, -0.25) is 4.79 Å². The molecule has 5 heteroatoms. The zero-order valence-corrected chi connectivity index (χ0v) is 9.10. The molecule has 1 heterocycles. The van der Waals surface area contributed by atoms with Gasteiger partial charge in [-0.15, -0.1) is 0 Å². The maximum Gasteiger partial charge on any atom is 0.254 e. The molecule has 0 aliphatic heterocycles. The summed E-state index contributed by atoms with van der Waals surface area (Å²) in [4.78, 5) is 19.4. The number of rotatable bonds is 2. The van der Waals surface area contributed by atoms with Crippen LogP contribution in [0.5, 0.6) is 0 Å². The predicted molar refractivity (Wildman–Crippen MR) is 59.7 cm³/mol. The lowest BCUT2D eigenvalue weighted by molar-refractivity contribution is 0.0920. The molecule has 3 N–H and O–H groups in total. The van der Waals surface area contributed by atoms with Crippen molar-refractivity contribution in [1.29, 1.82) is 0 Å². The summed E-state index contributed by atoms with van der Waals surface area (Å²) in [5.74, 6) is -0.136. The second kappa shape index (κ2) is 5.03. The quantitative estimate of drug-likeness (QED) is 0.759. The van der Waals surface area contributed by atoms with Crippen molar-refractivity contribution in [2.75, 3.05) is 0 Å². The van der Waals surface area contributed by atoms with Crippen molar-refractivity contribution in [2.45, 2.75) is 37.8 Å². The lowest BCUT2D eigenvalue weighted by atomic mass is 9.91. The predicted octanol–water partition coefficient (Wildman–Crippen LogP) is 0.476. The zero-order chi connectivity index (χ0) is 11.4. The third-order valence-corrected chi connectivity index (χ3v) is 2.96. The summed E-state index contributed by atoms with van der Waals surface area (Å²) in [7, 11) is 0. The minimum absolute atomic E-state index is 0.0716. The molecule has 0 saturated heterocycles. The van der Waals surface area contributed by atoms with E-state index in [4.69, 9.17) is 5.73 Å². The van der Waals surface area contributed by atoms with Gasteiger partial charge in [-0.2, -0.15) is 0 Å². The Labute approximate surface area is 94.5 Å². The molecule has 1 aromatic heterocycles. The number of carbonyl (C=O) groups is 1. The average molecular weight is 220 g/mol. The van der Waals surface area contributed by atoms with Gasteiger partial charge < -0.3 is 11.1 Å². The minimum atomic E-state index is -0.136. The highest BCUT2D eigenvalue weighted by molar-refractivity contribution is 5.93. The Morgan fingerprint density at radius 2 is 2.00 bits per heavy atom. The molecule has 1 fully saturated rings. The number of carbonyl (C=O) groups excluding carboxylic acids is 1. The fourth-order valence-corrected chi connectivity index (χ4v) is 2.01. The largest absolute Gasteiger partial charge is 0.348 e. The lowest BCUT2D eigenvalue weighted by Crippen LogP contribution is -2.49. The van der Waals surface area contributed by atoms with Crippen LogP contribution >= 0.6 is 0 Å². The number of amides is 1. The Balaban J connectivity index is 1.96. The van der Waals surface area contributed by atoms with Crippen LogP contribution in [-0.4, -0.2) is 28.0 Å². The number of aromatic nitrogens is 2. The van der Waals surface area contributed by atoms with Crippen molar-refractivity contribution >= 4 is 5.91 Å². The first-order valence-electron chi connectivity index (χ1n) is 5.59. The minimum Gasteiger partial charge on any atom is -0.348 e.